The van der Waals surface area contributed by atoms with Gasteiger partial charge in [-0.2, -0.15) is 5.10 Å². The van der Waals surface area contributed by atoms with Gasteiger partial charge < -0.3 is 14.2 Å². The van der Waals surface area contributed by atoms with Crippen LogP contribution in [0.25, 0.3) is 11.3 Å². The second-order valence-electron chi connectivity index (χ2n) is 5.87. The summed E-state index contributed by atoms with van der Waals surface area (Å²) in [5, 5.41) is 3.98. The van der Waals surface area contributed by atoms with Gasteiger partial charge in [-0.25, -0.2) is 10.4 Å². The lowest BCUT2D eigenvalue weighted by Gasteiger charge is -2.06. The fourth-order valence-corrected chi connectivity index (χ4v) is 2.52. The van der Waals surface area contributed by atoms with Crippen LogP contribution in [0.15, 0.2) is 60.0 Å². The summed E-state index contributed by atoms with van der Waals surface area (Å²) in [5.41, 5.74) is 4.64. The van der Waals surface area contributed by atoms with E-state index in [9.17, 15) is 4.79 Å². The molecule has 1 heterocycles. The molecule has 148 valence electrons. The monoisotopic (exact) mass is 392 g/mol. The number of aromatic nitrogens is 2. The molecule has 0 unspecified atom stereocenters. The summed E-state index contributed by atoms with van der Waals surface area (Å²) in [7, 11) is 4.71. The second kappa shape index (κ2) is 9.32. The lowest BCUT2D eigenvalue weighted by Crippen LogP contribution is -2.19. The molecule has 0 spiro atoms. The van der Waals surface area contributed by atoms with E-state index in [0.29, 0.717) is 28.5 Å². The highest BCUT2D eigenvalue weighted by Crippen LogP contribution is 2.22. The zero-order valence-corrected chi connectivity index (χ0v) is 16.2. The number of hydrazone groups is 1. The summed E-state index contributed by atoms with van der Waals surface area (Å²) in [6.45, 7) is 0. The summed E-state index contributed by atoms with van der Waals surface area (Å²) >= 11 is 0. The number of benzene rings is 2. The number of nitrogens with zero attached hydrogens (tertiary/aromatic N) is 3. The van der Waals surface area contributed by atoms with Crippen molar-refractivity contribution < 1.29 is 19.0 Å². The zero-order chi connectivity index (χ0) is 20.6. The molecule has 3 rings (SSSR count). The van der Waals surface area contributed by atoms with Crippen LogP contribution in [-0.4, -0.2) is 43.4 Å². The summed E-state index contributed by atoms with van der Waals surface area (Å²) < 4.78 is 15.6. The molecule has 0 aliphatic heterocycles. The van der Waals surface area contributed by atoms with E-state index in [-0.39, 0.29) is 5.69 Å². The molecule has 0 saturated heterocycles. The Hall–Kier alpha value is -3.94. The lowest BCUT2D eigenvalue weighted by atomic mass is 10.1. The second-order valence-corrected chi connectivity index (χ2v) is 5.87. The first-order chi connectivity index (χ1) is 14.1. The molecule has 0 aliphatic rings. The Bertz CT molecular complexity index is 1010. The minimum atomic E-state index is -0.478. The Balaban J connectivity index is 1.74. The molecule has 0 aliphatic carbocycles. The summed E-state index contributed by atoms with van der Waals surface area (Å²) in [5.74, 6) is 1.45. The van der Waals surface area contributed by atoms with Crippen molar-refractivity contribution in [2.75, 3.05) is 21.3 Å². The topological polar surface area (TPSA) is 94.9 Å². The molecule has 8 nitrogen and oxygen atoms in total. The van der Waals surface area contributed by atoms with Gasteiger partial charge >= 0.3 is 0 Å². The van der Waals surface area contributed by atoms with Crippen LogP contribution in [0.2, 0.25) is 0 Å². The maximum atomic E-state index is 12.4. The van der Waals surface area contributed by atoms with Crippen molar-refractivity contribution in [3.05, 3.63) is 66.1 Å². The molecule has 0 fully saturated rings. The number of carbonyl (C=O) groups is 1. The number of rotatable bonds is 7. The van der Waals surface area contributed by atoms with Gasteiger partial charge in [-0.1, -0.05) is 12.1 Å². The van der Waals surface area contributed by atoms with Crippen molar-refractivity contribution >= 4 is 12.1 Å². The highest BCUT2D eigenvalue weighted by atomic mass is 16.5. The molecule has 0 bridgehead atoms. The molecule has 0 radical (unpaired) electrons. The van der Waals surface area contributed by atoms with E-state index < -0.39 is 5.91 Å². The average molecular weight is 392 g/mol. The fraction of sp³-hybridized carbons (Fsp3) is 0.143. The van der Waals surface area contributed by atoms with Crippen LogP contribution < -0.4 is 19.6 Å². The minimum absolute atomic E-state index is 0.144. The third-order valence-corrected chi connectivity index (χ3v) is 3.99. The van der Waals surface area contributed by atoms with E-state index in [1.807, 2.05) is 24.3 Å². The standard InChI is InChI=1S/C21H20N4O4/c1-27-16-6-4-5-15(9-16)19-12-22-13-20(24-19)21(26)25-23-11-14-7-17(28-2)10-18(8-14)29-3/h4-13H,1-3H3,(H,25,26). The highest BCUT2D eigenvalue weighted by Gasteiger charge is 2.10. The largest absolute Gasteiger partial charge is 0.497 e. The van der Waals surface area contributed by atoms with E-state index in [1.54, 1.807) is 45.7 Å². The number of hydrogen-bond donors (Lipinski definition) is 1. The minimum Gasteiger partial charge on any atom is -0.497 e. The smallest absolute Gasteiger partial charge is 0.291 e. The maximum absolute atomic E-state index is 12.4. The predicted octanol–water partition coefficient (Wildman–Crippen LogP) is 2.93. The molecule has 0 atom stereocenters. The van der Waals surface area contributed by atoms with E-state index in [2.05, 4.69) is 20.5 Å². The quantitative estimate of drug-likeness (QED) is 0.491. The van der Waals surface area contributed by atoms with Crippen molar-refractivity contribution in [3.8, 4) is 28.5 Å². The van der Waals surface area contributed by atoms with Crippen LogP contribution in [0.3, 0.4) is 0 Å². The summed E-state index contributed by atoms with van der Waals surface area (Å²) in [6.07, 6.45) is 4.45. The van der Waals surface area contributed by atoms with Crippen LogP contribution in [0.1, 0.15) is 16.1 Å². The Morgan fingerprint density at radius 3 is 2.38 bits per heavy atom. The van der Waals surface area contributed by atoms with Gasteiger partial charge in [0.25, 0.3) is 5.91 Å². The highest BCUT2D eigenvalue weighted by molar-refractivity contribution is 5.93. The van der Waals surface area contributed by atoms with Gasteiger partial charge in [0.15, 0.2) is 0 Å². The van der Waals surface area contributed by atoms with Crippen molar-refractivity contribution in [1.29, 1.82) is 0 Å². The third-order valence-electron chi connectivity index (χ3n) is 3.99. The zero-order valence-electron chi connectivity index (χ0n) is 16.2. The van der Waals surface area contributed by atoms with Crippen LogP contribution >= 0.6 is 0 Å². The number of nitrogens with one attached hydrogen (secondary N) is 1. The van der Waals surface area contributed by atoms with Gasteiger partial charge in [-0.05, 0) is 24.3 Å². The molecular weight excluding hydrogens is 372 g/mol. The maximum Gasteiger partial charge on any atom is 0.291 e. The third kappa shape index (κ3) is 5.07. The predicted molar refractivity (Wildman–Crippen MR) is 109 cm³/mol. The van der Waals surface area contributed by atoms with Crippen LogP contribution in [0.5, 0.6) is 17.2 Å². The van der Waals surface area contributed by atoms with E-state index in [1.165, 1.54) is 12.4 Å². The van der Waals surface area contributed by atoms with Gasteiger partial charge in [0, 0.05) is 17.2 Å². The normalized spacial score (nSPS) is 10.6. The first-order valence-electron chi connectivity index (χ1n) is 8.66. The molecule has 8 heteroatoms. The van der Waals surface area contributed by atoms with E-state index in [4.69, 9.17) is 14.2 Å². The van der Waals surface area contributed by atoms with Crippen molar-refractivity contribution in [2.45, 2.75) is 0 Å². The number of ether oxygens (including phenoxy) is 3. The van der Waals surface area contributed by atoms with Crippen LogP contribution in [0.4, 0.5) is 0 Å². The fourth-order valence-electron chi connectivity index (χ4n) is 2.52. The van der Waals surface area contributed by atoms with E-state index in [0.717, 1.165) is 5.56 Å². The van der Waals surface area contributed by atoms with Crippen molar-refractivity contribution in [2.24, 2.45) is 5.10 Å². The molecule has 2 aromatic carbocycles. The number of carbonyl (C=O) groups excluding carboxylic acids is 1. The van der Waals surface area contributed by atoms with Crippen molar-refractivity contribution in [1.82, 2.24) is 15.4 Å². The van der Waals surface area contributed by atoms with Gasteiger partial charge in [0.05, 0.1) is 45.6 Å². The Labute approximate surface area is 168 Å². The molecular formula is C21H20N4O4. The SMILES string of the molecule is COc1cc(C=NNC(=O)c2cncc(-c3cccc(OC)c3)n2)cc(OC)c1. The Kier molecular flexibility index (Phi) is 6.36. The Morgan fingerprint density at radius 2 is 1.69 bits per heavy atom. The molecule has 1 N–H and O–H groups in total. The van der Waals surface area contributed by atoms with Gasteiger partial charge in [0.1, 0.15) is 22.9 Å². The molecule has 1 amide bonds. The summed E-state index contributed by atoms with van der Waals surface area (Å²) in [6, 6.07) is 12.6. The van der Waals surface area contributed by atoms with E-state index >= 15 is 0 Å². The van der Waals surface area contributed by atoms with Gasteiger partial charge in [0.2, 0.25) is 0 Å². The Morgan fingerprint density at radius 1 is 0.966 bits per heavy atom. The average Bonchev–Trinajstić information content (AvgIpc) is 2.78. The summed E-state index contributed by atoms with van der Waals surface area (Å²) in [4.78, 5) is 20.8. The first-order valence-corrected chi connectivity index (χ1v) is 8.66. The van der Waals surface area contributed by atoms with Crippen LogP contribution in [-0.2, 0) is 0 Å². The van der Waals surface area contributed by atoms with Gasteiger partial charge in [-0.3, -0.25) is 9.78 Å². The lowest BCUT2D eigenvalue weighted by molar-refractivity contribution is 0.0950. The number of amides is 1. The van der Waals surface area contributed by atoms with Crippen LogP contribution in [0, 0.1) is 0 Å². The van der Waals surface area contributed by atoms with Crippen molar-refractivity contribution in [3.63, 3.8) is 0 Å². The first kappa shape index (κ1) is 19.8. The molecule has 0 saturated carbocycles. The molecule has 1 aromatic heterocycles. The number of methoxy groups -OCH3 is 3. The molecule has 29 heavy (non-hydrogen) atoms. The molecule has 3 aromatic rings. The number of hydrogen-bond acceptors (Lipinski definition) is 7. The van der Waals surface area contributed by atoms with Gasteiger partial charge in [-0.15, -0.1) is 0 Å².